The first-order valence-electron chi connectivity index (χ1n) is 5.97. The number of pyridine rings is 1. The molecule has 3 aromatic rings. The molecule has 21 heavy (non-hydrogen) atoms. The van der Waals surface area contributed by atoms with E-state index in [2.05, 4.69) is 26.0 Å². The van der Waals surface area contributed by atoms with Gasteiger partial charge in [0.15, 0.2) is 5.65 Å². The number of aromatic nitrogens is 3. The van der Waals surface area contributed by atoms with Crippen molar-refractivity contribution in [2.75, 3.05) is 0 Å². The van der Waals surface area contributed by atoms with Crippen LogP contribution in [0, 0.1) is 17.0 Å². The Morgan fingerprint density at radius 1 is 1.33 bits per heavy atom. The topological polar surface area (TPSA) is 82.6 Å². The second-order valence-corrected chi connectivity index (χ2v) is 5.17. The van der Waals surface area contributed by atoms with Crippen LogP contribution in [0.15, 0.2) is 41.3 Å². The molecule has 0 bridgehead atoms. The molecule has 0 unspecified atom stereocenters. The fourth-order valence-corrected chi connectivity index (χ4v) is 2.41. The molecular weight excluding hydrogens is 340 g/mol. The van der Waals surface area contributed by atoms with Crippen LogP contribution < -0.4 is 4.74 Å². The van der Waals surface area contributed by atoms with E-state index < -0.39 is 4.92 Å². The van der Waals surface area contributed by atoms with Crippen molar-refractivity contribution in [1.82, 2.24) is 14.6 Å². The molecule has 0 spiro atoms. The van der Waals surface area contributed by atoms with E-state index in [4.69, 9.17) is 4.74 Å². The van der Waals surface area contributed by atoms with Crippen molar-refractivity contribution in [2.45, 2.75) is 6.92 Å². The third-order valence-corrected chi connectivity index (χ3v) is 3.47. The van der Waals surface area contributed by atoms with E-state index in [0.29, 0.717) is 27.3 Å². The Hall–Kier alpha value is -2.48. The Morgan fingerprint density at radius 2 is 2.14 bits per heavy atom. The average Bonchev–Trinajstić information content (AvgIpc) is 2.89. The van der Waals surface area contributed by atoms with Crippen molar-refractivity contribution in [3.8, 4) is 11.5 Å². The molecule has 2 heterocycles. The number of hydrogen-bond acceptors (Lipinski definition) is 5. The maximum absolute atomic E-state index is 10.7. The smallest absolute Gasteiger partial charge is 0.269 e. The van der Waals surface area contributed by atoms with Gasteiger partial charge in [-0.25, -0.2) is 9.50 Å². The molecular formula is C13H9BrN4O3. The summed E-state index contributed by atoms with van der Waals surface area (Å²) in [6.45, 7) is 1.76. The fourth-order valence-electron chi connectivity index (χ4n) is 1.91. The van der Waals surface area contributed by atoms with Gasteiger partial charge in [0.1, 0.15) is 22.4 Å². The Balaban J connectivity index is 1.96. The normalized spacial score (nSPS) is 10.8. The van der Waals surface area contributed by atoms with Gasteiger partial charge < -0.3 is 4.74 Å². The number of hydrogen-bond donors (Lipinski definition) is 0. The lowest BCUT2D eigenvalue weighted by Gasteiger charge is -2.09. The van der Waals surface area contributed by atoms with Crippen LogP contribution in [0.2, 0.25) is 0 Å². The zero-order valence-electron chi connectivity index (χ0n) is 10.9. The van der Waals surface area contributed by atoms with E-state index in [-0.39, 0.29) is 5.69 Å². The summed E-state index contributed by atoms with van der Waals surface area (Å²) in [6.07, 6.45) is 1.45. The van der Waals surface area contributed by atoms with Gasteiger partial charge in [-0.15, -0.1) is 0 Å². The zero-order chi connectivity index (χ0) is 15.0. The zero-order valence-corrected chi connectivity index (χ0v) is 12.4. The van der Waals surface area contributed by atoms with Crippen molar-refractivity contribution in [3.63, 3.8) is 0 Å². The lowest BCUT2D eigenvalue weighted by atomic mass is 10.2. The number of rotatable bonds is 3. The SMILES string of the molecule is Cc1cc([N+](=O)[O-])ccc1Oc1cc(Br)n2ncnc2c1. The molecule has 2 aromatic heterocycles. The minimum absolute atomic E-state index is 0.0361. The lowest BCUT2D eigenvalue weighted by Crippen LogP contribution is -1.94. The summed E-state index contributed by atoms with van der Waals surface area (Å²) in [6, 6.07) is 7.95. The number of nitro benzene ring substituents is 1. The Bertz CT molecular complexity index is 847. The lowest BCUT2D eigenvalue weighted by molar-refractivity contribution is -0.384. The first kappa shape index (κ1) is 13.5. The molecule has 0 saturated heterocycles. The number of nitrogens with zero attached hydrogens (tertiary/aromatic N) is 4. The molecule has 7 nitrogen and oxygen atoms in total. The first-order valence-corrected chi connectivity index (χ1v) is 6.76. The summed E-state index contributed by atoms with van der Waals surface area (Å²) >= 11 is 3.38. The van der Waals surface area contributed by atoms with Gasteiger partial charge >= 0.3 is 0 Å². The number of non-ortho nitro benzene ring substituents is 1. The predicted octanol–water partition coefficient (Wildman–Crippen LogP) is 3.50. The minimum Gasteiger partial charge on any atom is -0.457 e. The van der Waals surface area contributed by atoms with Crippen molar-refractivity contribution in [3.05, 3.63) is 56.9 Å². The average molecular weight is 349 g/mol. The Morgan fingerprint density at radius 3 is 2.86 bits per heavy atom. The highest BCUT2D eigenvalue weighted by atomic mass is 79.9. The number of fused-ring (bicyclic) bond motifs is 1. The van der Waals surface area contributed by atoms with Crippen LogP contribution >= 0.6 is 15.9 Å². The Kier molecular flexibility index (Phi) is 3.30. The monoisotopic (exact) mass is 348 g/mol. The molecule has 0 aliphatic carbocycles. The molecule has 0 aliphatic rings. The van der Waals surface area contributed by atoms with Crippen molar-refractivity contribution in [1.29, 1.82) is 0 Å². The highest BCUT2D eigenvalue weighted by Gasteiger charge is 2.11. The molecule has 0 aliphatic heterocycles. The van der Waals surface area contributed by atoms with Crippen LogP contribution in [0.1, 0.15) is 5.56 Å². The number of benzene rings is 1. The number of ether oxygens (including phenoxy) is 1. The van der Waals surface area contributed by atoms with Crippen LogP contribution in [0.4, 0.5) is 5.69 Å². The molecule has 0 saturated carbocycles. The molecule has 1 aromatic carbocycles. The van der Waals surface area contributed by atoms with Gasteiger partial charge in [-0.3, -0.25) is 10.1 Å². The largest absolute Gasteiger partial charge is 0.457 e. The fraction of sp³-hybridized carbons (Fsp3) is 0.0769. The summed E-state index contributed by atoms with van der Waals surface area (Å²) in [5.74, 6) is 1.12. The Labute approximate surface area is 127 Å². The van der Waals surface area contributed by atoms with Gasteiger partial charge in [-0.2, -0.15) is 5.10 Å². The van der Waals surface area contributed by atoms with Crippen LogP contribution in [0.3, 0.4) is 0 Å². The van der Waals surface area contributed by atoms with E-state index >= 15 is 0 Å². The molecule has 8 heteroatoms. The van der Waals surface area contributed by atoms with E-state index in [1.54, 1.807) is 29.6 Å². The number of nitro groups is 1. The maximum atomic E-state index is 10.7. The van der Waals surface area contributed by atoms with Crippen molar-refractivity contribution >= 4 is 27.3 Å². The van der Waals surface area contributed by atoms with Crippen LogP contribution in [0.5, 0.6) is 11.5 Å². The molecule has 3 rings (SSSR count). The molecule has 106 valence electrons. The summed E-state index contributed by atoms with van der Waals surface area (Å²) in [4.78, 5) is 14.4. The number of aryl methyl sites for hydroxylation is 1. The van der Waals surface area contributed by atoms with Crippen LogP contribution in [-0.2, 0) is 0 Å². The summed E-state index contributed by atoms with van der Waals surface area (Å²) in [5, 5.41) is 14.8. The van der Waals surface area contributed by atoms with E-state index in [0.717, 1.165) is 0 Å². The molecule has 0 N–H and O–H groups in total. The standard InChI is InChI=1S/C13H9BrN4O3/c1-8-4-9(18(19)20)2-3-11(8)21-10-5-12(14)17-13(6-10)15-7-16-17/h2-7H,1H3. The van der Waals surface area contributed by atoms with E-state index in [1.807, 2.05) is 0 Å². The van der Waals surface area contributed by atoms with Crippen LogP contribution in [-0.4, -0.2) is 19.5 Å². The second kappa shape index (κ2) is 5.13. The predicted molar refractivity (Wildman–Crippen MR) is 78.6 cm³/mol. The molecule has 0 amide bonds. The first-order chi connectivity index (χ1) is 10.0. The van der Waals surface area contributed by atoms with Crippen molar-refractivity contribution in [2.24, 2.45) is 0 Å². The molecule has 0 radical (unpaired) electrons. The van der Waals surface area contributed by atoms with Crippen LogP contribution in [0.25, 0.3) is 5.65 Å². The van der Waals surface area contributed by atoms with Gasteiger partial charge in [0.05, 0.1) is 4.92 Å². The summed E-state index contributed by atoms with van der Waals surface area (Å²) in [7, 11) is 0. The van der Waals surface area contributed by atoms with Gasteiger partial charge in [0.25, 0.3) is 5.69 Å². The van der Waals surface area contributed by atoms with Gasteiger partial charge in [-0.05, 0) is 34.5 Å². The van der Waals surface area contributed by atoms with E-state index in [9.17, 15) is 10.1 Å². The quantitative estimate of drug-likeness (QED) is 0.411. The highest BCUT2D eigenvalue weighted by Crippen LogP contribution is 2.30. The highest BCUT2D eigenvalue weighted by molar-refractivity contribution is 9.10. The third-order valence-electron chi connectivity index (χ3n) is 2.91. The summed E-state index contributed by atoms with van der Waals surface area (Å²) in [5.41, 5.74) is 1.36. The number of halogens is 1. The third kappa shape index (κ3) is 2.57. The second-order valence-electron chi connectivity index (χ2n) is 4.35. The molecule has 0 atom stereocenters. The minimum atomic E-state index is -0.435. The van der Waals surface area contributed by atoms with E-state index in [1.165, 1.54) is 18.5 Å². The van der Waals surface area contributed by atoms with Gasteiger partial charge in [0.2, 0.25) is 0 Å². The van der Waals surface area contributed by atoms with Gasteiger partial charge in [-0.1, -0.05) is 0 Å². The van der Waals surface area contributed by atoms with Gasteiger partial charge in [0, 0.05) is 24.3 Å². The van der Waals surface area contributed by atoms with Crippen molar-refractivity contribution < 1.29 is 9.66 Å². The molecule has 0 fully saturated rings. The summed E-state index contributed by atoms with van der Waals surface area (Å²) < 4.78 is 8.09. The maximum Gasteiger partial charge on any atom is 0.269 e.